The Hall–Kier alpha value is -2.04. The number of rotatable bonds is 7. The number of amides is 2. The molecule has 1 aromatic carbocycles. The van der Waals surface area contributed by atoms with E-state index in [1.165, 1.54) is 0 Å². The molecule has 0 spiro atoms. The summed E-state index contributed by atoms with van der Waals surface area (Å²) in [6.07, 6.45) is 2.12. The van der Waals surface area contributed by atoms with Crippen molar-refractivity contribution in [1.82, 2.24) is 10.9 Å². The van der Waals surface area contributed by atoms with E-state index in [2.05, 4.69) is 24.7 Å². The fourth-order valence-corrected chi connectivity index (χ4v) is 1.85. The molecule has 116 valence electrons. The van der Waals surface area contributed by atoms with Crippen molar-refractivity contribution >= 4 is 11.8 Å². The lowest BCUT2D eigenvalue weighted by Gasteiger charge is -2.15. The van der Waals surface area contributed by atoms with Gasteiger partial charge in [0.25, 0.3) is 5.91 Å². The van der Waals surface area contributed by atoms with Gasteiger partial charge in [-0.1, -0.05) is 39.0 Å². The van der Waals surface area contributed by atoms with Crippen LogP contribution in [0.25, 0.3) is 0 Å². The summed E-state index contributed by atoms with van der Waals surface area (Å²) in [5.41, 5.74) is 5.77. The van der Waals surface area contributed by atoms with Gasteiger partial charge >= 0.3 is 0 Å². The first kappa shape index (κ1) is 17.0. The molecule has 2 amide bonds. The van der Waals surface area contributed by atoms with E-state index in [-0.39, 0.29) is 18.4 Å². The molecule has 21 heavy (non-hydrogen) atoms. The zero-order chi connectivity index (χ0) is 15.7. The van der Waals surface area contributed by atoms with E-state index in [4.69, 9.17) is 4.74 Å². The Bertz CT molecular complexity index is 474. The number of hydrazine groups is 1. The highest BCUT2D eigenvalue weighted by Crippen LogP contribution is 2.28. The summed E-state index contributed by atoms with van der Waals surface area (Å²) in [7, 11) is 0. The number of ether oxygens (including phenoxy) is 1. The van der Waals surface area contributed by atoms with Crippen LogP contribution < -0.4 is 15.6 Å². The topological polar surface area (TPSA) is 67.4 Å². The Labute approximate surface area is 126 Å². The predicted octanol–water partition coefficient (Wildman–Crippen LogP) is 2.53. The van der Waals surface area contributed by atoms with Crippen LogP contribution in [0.1, 0.15) is 51.5 Å². The molecule has 0 heterocycles. The zero-order valence-electron chi connectivity index (χ0n) is 12.9. The minimum atomic E-state index is -0.376. The molecule has 0 bridgehead atoms. The Morgan fingerprint density at radius 2 is 1.81 bits per heavy atom. The number of carbonyl (C=O) groups is 2. The third kappa shape index (κ3) is 5.85. The molecule has 0 radical (unpaired) electrons. The standard InChI is InChI=1S/C16H24N2O3/c1-4-8-15(19)17-18-16(20)11-21-14-10-7-6-9-13(14)12(3)5-2/h6-7,9-10,12H,4-5,8,11H2,1-3H3,(H,17,19)(H,18,20). The van der Waals surface area contributed by atoms with Crippen LogP contribution in [-0.4, -0.2) is 18.4 Å². The van der Waals surface area contributed by atoms with Crippen LogP contribution in [0.2, 0.25) is 0 Å². The maximum absolute atomic E-state index is 11.6. The maximum atomic E-state index is 11.6. The van der Waals surface area contributed by atoms with Gasteiger partial charge in [0.05, 0.1) is 0 Å². The quantitative estimate of drug-likeness (QED) is 0.759. The van der Waals surface area contributed by atoms with Crippen LogP contribution >= 0.6 is 0 Å². The number of benzene rings is 1. The summed E-state index contributed by atoms with van der Waals surface area (Å²) in [6.45, 7) is 6.00. The first-order valence-corrected chi connectivity index (χ1v) is 7.37. The predicted molar refractivity (Wildman–Crippen MR) is 81.8 cm³/mol. The average molecular weight is 292 g/mol. The van der Waals surface area contributed by atoms with Gasteiger partial charge in [-0.3, -0.25) is 20.4 Å². The molecule has 5 heteroatoms. The van der Waals surface area contributed by atoms with Crippen molar-refractivity contribution in [2.75, 3.05) is 6.61 Å². The second-order valence-corrected chi connectivity index (χ2v) is 4.98. The maximum Gasteiger partial charge on any atom is 0.276 e. The summed E-state index contributed by atoms with van der Waals surface area (Å²) in [4.78, 5) is 22.9. The van der Waals surface area contributed by atoms with Crippen molar-refractivity contribution in [3.05, 3.63) is 29.8 Å². The third-order valence-electron chi connectivity index (χ3n) is 3.24. The van der Waals surface area contributed by atoms with Gasteiger partial charge in [-0.15, -0.1) is 0 Å². The average Bonchev–Trinajstić information content (AvgIpc) is 2.50. The van der Waals surface area contributed by atoms with E-state index in [0.717, 1.165) is 18.4 Å². The van der Waals surface area contributed by atoms with Crippen molar-refractivity contribution in [2.45, 2.75) is 46.0 Å². The Kier molecular flexibility index (Phi) is 7.29. The molecule has 0 aromatic heterocycles. The molecule has 0 aliphatic carbocycles. The van der Waals surface area contributed by atoms with Crippen molar-refractivity contribution in [3.63, 3.8) is 0 Å². The Balaban J connectivity index is 2.48. The van der Waals surface area contributed by atoms with Crippen LogP contribution in [0.15, 0.2) is 24.3 Å². The van der Waals surface area contributed by atoms with Gasteiger partial charge in [-0.25, -0.2) is 0 Å². The van der Waals surface area contributed by atoms with E-state index in [1.807, 2.05) is 31.2 Å². The number of para-hydroxylation sites is 1. The van der Waals surface area contributed by atoms with Crippen LogP contribution in [0.4, 0.5) is 0 Å². The number of hydrogen-bond donors (Lipinski definition) is 2. The molecule has 1 aromatic rings. The van der Waals surface area contributed by atoms with Gasteiger partial charge in [-0.2, -0.15) is 0 Å². The SMILES string of the molecule is CCCC(=O)NNC(=O)COc1ccccc1C(C)CC. The minimum Gasteiger partial charge on any atom is -0.483 e. The van der Waals surface area contributed by atoms with Gasteiger partial charge in [-0.05, 0) is 30.4 Å². The second-order valence-electron chi connectivity index (χ2n) is 4.98. The first-order chi connectivity index (χ1) is 10.1. The normalized spacial score (nSPS) is 11.6. The van der Waals surface area contributed by atoms with Gasteiger partial charge in [0.1, 0.15) is 5.75 Å². The van der Waals surface area contributed by atoms with Crippen molar-refractivity contribution < 1.29 is 14.3 Å². The summed E-state index contributed by atoms with van der Waals surface area (Å²) in [5.74, 6) is 0.500. The molecule has 5 nitrogen and oxygen atoms in total. The van der Waals surface area contributed by atoms with E-state index in [9.17, 15) is 9.59 Å². The summed E-state index contributed by atoms with van der Waals surface area (Å²) in [6, 6.07) is 7.69. The van der Waals surface area contributed by atoms with E-state index < -0.39 is 0 Å². The number of carbonyl (C=O) groups excluding carboxylic acids is 2. The van der Waals surface area contributed by atoms with Crippen LogP contribution in [0.5, 0.6) is 5.75 Å². The van der Waals surface area contributed by atoms with Gasteiger partial charge in [0.15, 0.2) is 6.61 Å². The smallest absolute Gasteiger partial charge is 0.276 e. The lowest BCUT2D eigenvalue weighted by molar-refractivity contribution is -0.130. The molecule has 0 aliphatic rings. The highest BCUT2D eigenvalue weighted by Gasteiger charge is 2.11. The molecule has 0 fully saturated rings. The molecule has 1 rings (SSSR count). The fourth-order valence-electron chi connectivity index (χ4n) is 1.85. The molecule has 0 saturated heterocycles. The Morgan fingerprint density at radius 3 is 2.48 bits per heavy atom. The van der Waals surface area contributed by atoms with Crippen molar-refractivity contribution in [2.24, 2.45) is 0 Å². The molecule has 0 saturated carbocycles. The molecule has 1 unspecified atom stereocenters. The van der Waals surface area contributed by atoms with Crippen LogP contribution in [0, 0.1) is 0 Å². The van der Waals surface area contributed by atoms with Crippen molar-refractivity contribution in [3.8, 4) is 5.75 Å². The monoisotopic (exact) mass is 292 g/mol. The highest BCUT2D eigenvalue weighted by atomic mass is 16.5. The van der Waals surface area contributed by atoms with Gasteiger partial charge in [0.2, 0.25) is 5.91 Å². The van der Waals surface area contributed by atoms with Crippen LogP contribution in [-0.2, 0) is 9.59 Å². The molecular formula is C16H24N2O3. The lowest BCUT2D eigenvalue weighted by Crippen LogP contribution is -2.43. The van der Waals surface area contributed by atoms with E-state index in [0.29, 0.717) is 18.1 Å². The lowest BCUT2D eigenvalue weighted by atomic mass is 9.98. The first-order valence-electron chi connectivity index (χ1n) is 7.37. The number of hydrogen-bond acceptors (Lipinski definition) is 3. The minimum absolute atomic E-state index is 0.125. The number of nitrogens with one attached hydrogen (secondary N) is 2. The largest absolute Gasteiger partial charge is 0.483 e. The highest BCUT2D eigenvalue weighted by molar-refractivity contribution is 5.82. The molecule has 2 N–H and O–H groups in total. The van der Waals surface area contributed by atoms with Crippen molar-refractivity contribution in [1.29, 1.82) is 0 Å². The summed E-state index contributed by atoms with van der Waals surface area (Å²) < 4.78 is 5.55. The fraction of sp³-hybridized carbons (Fsp3) is 0.500. The van der Waals surface area contributed by atoms with Crippen LogP contribution in [0.3, 0.4) is 0 Å². The summed E-state index contributed by atoms with van der Waals surface area (Å²) in [5, 5.41) is 0. The Morgan fingerprint density at radius 1 is 1.14 bits per heavy atom. The third-order valence-corrected chi connectivity index (χ3v) is 3.24. The zero-order valence-corrected chi connectivity index (χ0v) is 12.9. The van der Waals surface area contributed by atoms with Gasteiger partial charge in [0, 0.05) is 6.42 Å². The summed E-state index contributed by atoms with van der Waals surface area (Å²) >= 11 is 0. The van der Waals surface area contributed by atoms with E-state index >= 15 is 0 Å². The second kappa shape index (κ2) is 9.00. The van der Waals surface area contributed by atoms with E-state index in [1.54, 1.807) is 0 Å². The molecule has 0 aliphatic heterocycles. The van der Waals surface area contributed by atoms with Gasteiger partial charge < -0.3 is 4.74 Å². The molecule has 1 atom stereocenters. The molecular weight excluding hydrogens is 268 g/mol.